The van der Waals surface area contributed by atoms with Gasteiger partial charge in [0.1, 0.15) is 11.5 Å². The van der Waals surface area contributed by atoms with Gasteiger partial charge in [0.15, 0.2) is 5.60 Å². The highest BCUT2D eigenvalue weighted by Gasteiger charge is 2.50. The van der Waals surface area contributed by atoms with Gasteiger partial charge in [-0.15, -0.1) is 0 Å². The van der Waals surface area contributed by atoms with Gasteiger partial charge in [0.25, 0.3) is 0 Å². The van der Waals surface area contributed by atoms with Crippen LogP contribution in [-0.2, 0) is 10.3 Å². The van der Waals surface area contributed by atoms with E-state index in [0.717, 1.165) is 22.5 Å². The molecule has 0 spiro atoms. The van der Waals surface area contributed by atoms with Crippen LogP contribution in [0.4, 0.5) is 11.4 Å². The second-order valence-electron chi connectivity index (χ2n) is 8.92. The molecule has 1 aliphatic rings. The fourth-order valence-electron chi connectivity index (χ4n) is 4.45. The molecule has 176 valence electrons. The van der Waals surface area contributed by atoms with E-state index in [1.807, 2.05) is 111 Å². The molecule has 35 heavy (non-hydrogen) atoms. The summed E-state index contributed by atoms with van der Waals surface area (Å²) in [5, 5.41) is 0. The first kappa shape index (κ1) is 22.5. The summed E-state index contributed by atoms with van der Waals surface area (Å²) in [7, 11) is 7.94. The van der Waals surface area contributed by atoms with E-state index in [9.17, 15) is 4.79 Å². The van der Waals surface area contributed by atoms with Gasteiger partial charge >= 0.3 is 5.97 Å². The quantitative estimate of drug-likeness (QED) is 0.352. The average molecular weight is 466 g/mol. The molecule has 0 N–H and O–H groups in total. The number of ether oxygens (including phenoxy) is 2. The van der Waals surface area contributed by atoms with Gasteiger partial charge in [0, 0.05) is 74.7 Å². The summed E-state index contributed by atoms with van der Waals surface area (Å²) in [6.45, 7) is 0. The van der Waals surface area contributed by atoms with Crippen molar-refractivity contribution in [3.8, 4) is 11.5 Å². The lowest BCUT2D eigenvalue weighted by Gasteiger charge is -2.32. The van der Waals surface area contributed by atoms with E-state index in [1.165, 1.54) is 0 Å². The molecule has 0 radical (unpaired) electrons. The number of hydrogen-bond donors (Lipinski definition) is 0. The van der Waals surface area contributed by atoms with Crippen molar-refractivity contribution in [3.05, 3.63) is 114 Å². The molecular weight excluding hydrogens is 438 g/mol. The van der Waals surface area contributed by atoms with Crippen LogP contribution in [0.15, 0.2) is 91.3 Å². The molecule has 0 bridgehead atoms. The van der Waals surface area contributed by atoms with E-state index in [4.69, 9.17) is 9.47 Å². The van der Waals surface area contributed by atoms with Gasteiger partial charge in [-0.3, -0.25) is 4.98 Å². The lowest BCUT2D eigenvalue weighted by molar-refractivity contribution is 0.0246. The highest BCUT2D eigenvalue weighted by Crippen LogP contribution is 2.50. The molecule has 0 saturated carbocycles. The highest BCUT2D eigenvalue weighted by molar-refractivity contribution is 5.96. The first-order valence-electron chi connectivity index (χ1n) is 11.4. The third-order valence-corrected chi connectivity index (χ3v) is 6.29. The predicted octanol–water partition coefficient (Wildman–Crippen LogP) is 5.47. The Balaban J connectivity index is 1.78. The number of carbonyl (C=O) groups excluding carboxylic acids is 1. The first-order chi connectivity index (χ1) is 16.9. The molecule has 3 aromatic carbocycles. The number of pyridine rings is 1. The number of carbonyl (C=O) groups is 1. The molecule has 0 amide bonds. The number of anilines is 2. The molecule has 0 saturated heterocycles. The molecule has 2 heterocycles. The van der Waals surface area contributed by atoms with Crippen LogP contribution in [0, 0.1) is 0 Å². The average Bonchev–Trinajstić information content (AvgIpc) is 3.18. The summed E-state index contributed by atoms with van der Waals surface area (Å²) in [4.78, 5) is 21.5. The third-order valence-electron chi connectivity index (χ3n) is 6.29. The molecule has 4 aromatic rings. The number of nitrogens with zero attached hydrogens (tertiary/aromatic N) is 3. The maximum absolute atomic E-state index is 13.1. The van der Waals surface area contributed by atoms with Crippen LogP contribution in [0.25, 0.3) is 0 Å². The number of hydrogen-bond acceptors (Lipinski definition) is 6. The standard InChI is InChI=1S/C29H27N3O3/c1-31(2)21-12-10-20(11-13-21)29(26-19-30-17-16-24(26)28(33)35-29)25-15-14-22(32(3)4)18-27(25)34-23-8-6-5-7-9-23/h5-19H,1-4H3. The Morgan fingerprint density at radius 2 is 1.49 bits per heavy atom. The molecule has 1 atom stereocenters. The Kier molecular flexibility index (Phi) is 5.65. The predicted molar refractivity (Wildman–Crippen MR) is 138 cm³/mol. The lowest BCUT2D eigenvalue weighted by atomic mass is 9.80. The molecular formula is C29H27N3O3. The van der Waals surface area contributed by atoms with Crippen molar-refractivity contribution in [3.63, 3.8) is 0 Å². The van der Waals surface area contributed by atoms with Gasteiger partial charge in [0.05, 0.1) is 5.56 Å². The molecule has 1 unspecified atom stereocenters. The maximum Gasteiger partial charge on any atom is 0.340 e. The van der Waals surface area contributed by atoms with Crippen LogP contribution in [0.3, 0.4) is 0 Å². The van der Waals surface area contributed by atoms with Crippen molar-refractivity contribution in [2.45, 2.75) is 5.60 Å². The maximum atomic E-state index is 13.1. The second kappa shape index (κ2) is 8.80. The van der Waals surface area contributed by atoms with Gasteiger partial charge in [0.2, 0.25) is 0 Å². The SMILES string of the molecule is CN(C)c1ccc(C2(c3ccc(N(C)C)cc3Oc3ccccc3)OC(=O)c3ccncc32)cc1. The van der Waals surface area contributed by atoms with Gasteiger partial charge in [-0.25, -0.2) is 4.79 Å². The van der Waals surface area contributed by atoms with Crippen LogP contribution >= 0.6 is 0 Å². The van der Waals surface area contributed by atoms with Crippen molar-refractivity contribution in [1.29, 1.82) is 0 Å². The Hall–Kier alpha value is -4.32. The van der Waals surface area contributed by atoms with Gasteiger partial charge in [-0.05, 0) is 42.5 Å². The normalized spacial score (nSPS) is 16.4. The fraction of sp³-hybridized carbons (Fsp3) is 0.172. The number of fused-ring (bicyclic) bond motifs is 1. The zero-order valence-corrected chi connectivity index (χ0v) is 20.2. The van der Waals surface area contributed by atoms with Crippen molar-refractivity contribution < 1.29 is 14.3 Å². The molecule has 6 nitrogen and oxygen atoms in total. The summed E-state index contributed by atoms with van der Waals surface area (Å²) in [5.41, 5.74) is 3.54. The summed E-state index contributed by atoms with van der Waals surface area (Å²) >= 11 is 0. The summed E-state index contributed by atoms with van der Waals surface area (Å²) in [5.74, 6) is 0.906. The number of cyclic esters (lactones) is 1. The topological polar surface area (TPSA) is 54.9 Å². The number of benzene rings is 3. The Morgan fingerprint density at radius 3 is 2.17 bits per heavy atom. The van der Waals surface area contributed by atoms with Crippen molar-refractivity contribution in [2.75, 3.05) is 38.0 Å². The van der Waals surface area contributed by atoms with E-state index in [1.54, 1.807) is 18.5 Å². The lowest BCUT2D eigenvalue weighted by Crippen LogP contribution is -2.30. The zero-order valence-electron chi connectivity index (χ0n) is 20.2. The van der Waals surface area contributed by atoms with Crippen LogP contribution in [0.5, 0.6) is 11.5 Å². The second-order valence-corrected chi connectivity index (χ2v) is 8.92. The minimum absolute atomic E-state index is 0.388. The molecule has 0 fully saturated rings. The fourth-order valence-corrected chi connectivity index (χ4v) is 4.45. The third kappa shape index (κ3) is 3.87. The van der Waals surface area contributed by atoms with Gasteiger partial charge in [-0.1, -0.05) is 30.3 Å². The van der Waals surface area contributed by atoms with Crippen molar-refractivity contribution in [1.82, 2.24) is 4.98 Å². The van der Waals surface area contributed by atoms with E-state index >= 15 is 0 Å². The Morgan fingerprint density at radius 1 is 0.800 bits per heavy atom. The van der Waals surface area contributed by atoms with Crippen LogP contribution in [0.1, 0.15) is 27.0 Å². The van der Waals surface area contributed by atoms with E-state index in [-0.39, 0.29) is 5.97 Å². The largest absolute Gasteiger partial charge is 0.457 e. The minimum Gasteiger partial charge on any atom is -0.457 e. The molecule has 0 aliphatic carbocycles. The highest BCUT2D eigenvalue weighted by atomic mass is 16.6. The van der Waals surface area contributed by atoms with E-state index in [0.29, 0.717) is 22.6 Å². The number of rotatable bonds is 6. The Bertz CT molecular complexity index is 1370. The van der Waals surface area contributed by atoms with Crippen LogP contribution in [0.2, 0.25) is 0 Å². The van der Waals surface area contributed by atoms with Gasteiger partial charge in [-0.2, -0.15) is 0 Å². The summed E-state index contributed by atoms with van der Waals surface area (Å²) < 4.78 is 12.7. The Labute approximate surface area is 205 Å². The number of para-hydroxylation sites is 1. The zero-order chi connectivity index (χ0) is 24.6. The van der Waals surface area contributed by atoms with Crippen molar-refractivity contribution >= 4 is 17.3 Å². The van der Waals surface area contributed by atoms with E-state index in [2.05, 4.69) is 4.98 Å². The van der Waals surface area contributed by atoms with E-state index < -0.39 is 5.60 Å². The summed E-state index contributed by atoms with van der Waals surface area (Å²) in [6, 6.07) is 25.3. The minimum atomic E-state index is -1.21. The first-order valence-corrected chi connectivity index (χ1v) is 11.4. The van der Waals surface area contributed by atoms with Gasteiger partial charge < -0.3 is 19.3 Å². The summed E-state index contributed by atoms with van der Waals surface area (Å²) in [6.07, 6.45) is 3.33. The number of aromatic nitrogens is 1. The monoisotopic (exact) mass is 465 g/mol. The number of esters is 1. The smallest absolute Gasteiger partial charge is 0.340 e. The van der Waals surface area contributed by atoms with Crippen LogP contribution in [-0.4, -0.2) is 39.1 Å². The van der Waals surface area contributed by atoms with Crippen LogP contribution < -0.4 is 14.5 Å². The molecule has 6 heteroatoms. The molecule has 1 aliphatic heterocycles. The van der Waals surface area contributed by atoms with Crippen molar-refractivity contribution in [2.24, 2.45) is 0 Å². The molecule has 5 rings (SSSR count). The molecule has 1 aromatic heterocycles.